The third-order valence-corrected chi connectivity index (χ3v) is 7.97. The number of aryl methyl sites for hydroxylation is 1. The van der Waals surface area contributed by atoms with Gasteiger partial charge >= 0.3 is 0 Å². The maximum Gasteiger partial charge on any atom is 0.271 e. The van der Waals surface area contributed by atoms with Crippen molar-refractivity contribution in [1.82, 2.24) is 19.7 Å². The normalized spacial score (nSPS) is 24.6. The lowest BCUT2D eigenvalue weighted by Gasteiger charge is -2.38. The Labute approximate surface area is 190 Å². The summed E-state index contributed by atoms with van der Waals surface area (Å²) in [6.07, 6.45) is 6.75. The number of hydrogen-bond donors (Lipinski definition) is 1. The summed E-state index contributed by atoms with van der Waals surface area (Å²) in [4.78, 5) is 31.7. The van der Waals surface area contributed by atoms with E-state index in [9.17, 15) is 9.59 Å². The SMILES string of the molecule is Cc1c2n(c3ccccc13)C(C(=O)NCC1CCCN1C(C)C)CN(C1CCCC1)C2=O. The molecule has 3 heterocycles. The molecule has 3 aliphatic rings. The first-order valence-electron chi connectivity index (χ1n) is 12.4. The molecule has 32 heavy (non-hydrogen) atoms. The lowest BCUT2D eigenvalue weighted by molar-refractivity contribution is -0.125. The number of benzene rings is 1. The summed E-state index contributed by atoms with van der Waals surface area (Å²) < 4.78 is 2.03. The van der Waals surface area contributed by atoms with Crippen LogP contribution in [-0.4, -0.2) is 63.9 Å². The van der Waals surface area contributed by atoms with Crippen molar-refractivity contribution in [3.8, 4) is 0 Å². The molecular formula is C26H36N4O2. The van der Waals surface area contributed by atoms with Crippen molar-refractivity contribution in [2.75, 3.05) is 19.6 Å². The van der Waals surface area contributed by atoms with Crippen LogP contribution in [0.25, 0.3) is 10.9 Å². The fraction of sp³-hybridized carbons (Fsp3) is 0.615. The third kappa shape index (κ3) is 3.53. The molecule has 1 saturated heterocycles. The molecule has 1 aliphatic carbocycles. The van der Waals surface area contributed by atoms with Crippen molar-refractivity contribution in [3.63, 3.8) is 0 Å². The van der Waals surface area contributed by atoms with Gasteiger partial charge in [-0.2, -0.15) is 0 Å². The molecule has 2 aliphatic heterocycles. The minimum Gasteiger partial charge on any atom is -0.353 e. The van der Waals surface area contributed by atoms with E-state index in [0.717, 1.165) is 42.3 Å². The highest BCUT2D eigenvalue weighted by Crippen LogP contribution is 2.36. The zero-order valence-electron chi connectivity index (χ0n) is 19.6. The standard InChI is InChI=1S/C26H36N4O2/c1-17(2)28-14-8-11-20(28)15-27-25(31)23-16-29(19-9-4-5-10-19)26(32)24-18(3)21-12-6-7-13-22(21)30(23)24/h6-7,12-13,17,19-20,23H,4-5,8-11,14-16H2,1-3H3,(H,27,31). The summed E-state index contributed by atoms with van der Waals surface area (Å²) in [5.41, 5.74) is 2.69. The largest absolute Gasteiger partial charge is 0.353 e. The van der Waals surface area contributed by atoms with Gasteiger partial charge in [-0.05, 0) is 64.6 Å². The number of aromatic nitrogens is 1. The first kappa shape index (κ1) is 21.5. The molecule has 2 unspecified atom stereocenters. The summed E-state index contributed by atoms with van der Waals surface area (Å²) >= 11 is 0. The van der Waals surface area contributed by atoms with E-state index in [1.807, 2.05) is 34.6 Å². The van der Waals surface area contributed by atoms with Crippen LogP contribution >= 0.6 is 0 Å². The fourth-order valence-corrected chi connectivity index (χ4v) is 6.33. The Hall–Kier alpha value is -2.34. The third-order valence-electron chi connectivity index (χ3n) is 7.97. The van der Waals surface area contributed by atoms with Gasteiger partial charge in [-0.1, -0.05) is 31.0 Å². The molecule has 6 heteroatoms. The molecule has 1 aromatic carbocycles. The average Bonchev–Trinajstić information content (AvgIpc) is 3.53. The number of hydrogen-bond acceptors (Lipinski definition) is 3. The fourth-order valence-electron chi connectivity index (χ4n) is 6.33. The van der Waals surface area contributed by atoms with E-state index >= 15 is 0 Å². The van der Waals surface area contributed by atoms with Gasteiger partial charge < -0.3 is 14.8 Å². The van der Waals surface area contributed by atoms with Crippen LogP contribution in [0.2, 0.25) is 0 Å². The van der Waals surface area contributed by atoms with Gasteiger partial charge in [-0.25, -0.2) is 0 Å². The predicted molar refractivity (Wildman–Crippen MR) is 127 cm³/mol. The molecule has 2 amide bonds. The lowest BCUT2D eigenvalue weighted by atomic mass is 10.1. The topological polar surface area (TPSA) is 57.6 Å². The van der Waals surface area contributed by atoms with Crippen LogP contribution in [-0.2, 0) is 4.79 Å². The van der Waals surface area contributed by atoms with Crippen LogP contribution in [0, 0.1) is 6.92 Å². The number of amides is 2. The summed E-state index contributed by atoms with van der Waals surface area (Å²) in [7, 11) is 0. The van der Waals surface area contributed by atoms with Crippen LogP contribution in [0.15, 0.2) is 24.3 Å². The Morgan fingerprint density at radius 2 is 1.88 bits per heavy atom. The molecule has 5 rings (SSSR count). The maximum absolute atomic E-state index is 13.6. The first-order valence-corrected chi connectivity index (χ1v) is 12.4. The van der Waals surface area contributed by atoms with Crippen LogP contribution in [0.5, 0.6) is 0 Å². The van der Waals surface area contributed by atoms with Crippen molar-refractivity contribution >= 4 is 22.7 Å². The van der Waals surface area contributed by atoms with Crippen molar-refractivity contribution in [3.05, 3.63) is 35.5 Å². The van der Waals surface area contributed by atoms with Gasteiger partial charge in [0.25, 0.3) is 5.91 Å². The van der Waals surface area contributed by atoms with Crippen molar-refractivity contribution in [2.45, 2.75) is 83.5 Å². The number of rotatable bonds is 5. The monoisotopic (exact) mass is 436 g/mol. The molecule has 2 fully saturated rings. The van der Waals surface area contributed by atoms with Gasteiger partial charge in [0.1, 0.15) is 11.7 Å². The molecule has 172 valence electrons. The Balaban J connectivity index is 1.47. The van der Waals surface area contributed by atoms with Crippen LogP contribution in [0.1, 0.15) is 74.5 Å². The number of para-hydroxylation sites is 1. The molecular weight excluding hydrogens is 400 g/mol. The maximum atomic E-state index is 13.6. The Kier molecular flexibility index (Phi) is 5.74. The lowest BCUT2D eigenvalue weighted by Crippen LogP contribution is -2.52. The molecule has 0 spiro atoms. The second-order valence-corrected chi connectivity index (χ2v) is 10.1. The average molecular weight is 437 g/mol. The van der Waals surface area contributed by atoms with E-state index in [0.29, 0.717) is 30.9 Å². The zero-order chi connectivity index (χ0) is 22.4. The van der Waals surface area contributed by atoms with Gasteiger partial charge in [0.2, 0.25) is 5.91 Å². The second-order valence-electron chi connectivity index (χ2n) is 10.1. The minimum absolute atomic E-state index is 0.0399. The summed E-state index contributed by atoms with van der Waals surface area (Å²) in [6, 6.07) is 8.89. The number of carbonyl (C=O) groups is 2. The number of likely N-dealkylation sites (tertiary alicyclic amines) is 1. The number of fused-ring (bicyclic) bond motifs is 3. The van der Waals surface area contributed by atoms with Crippen LogP contribution < -0.4 is 5.32 Å². The quantitative estimate of drug-likeness (QED) is 0.774. The van der Waals surface area contributed by atoms with Crippen molar-refractivity contribution in [2.24, 2.45) is 0 Å². The van der Waals surface area contributed by atoms with E-state index in [-0.39, 0.29) is 23.9 Å². The Morgan fingerprint density at radius 1 is 1.12 bits per heavy atom. The van der Waals surface area contributed by atoms with Gasteiger partial charge in [-0.15, -0.1) is 0 Å². The van der Waals surface area contributed by atoms with Gasteiger partial charge in [0.05, 0.1) is 6.54 Å². The highest BCUT2D eigenvalue weighted by molar-refractivity contribution is 6.04. The van der Waals surface area contributed by atoms with Gasteiger partial charge in [-0.3, -0.25) is 14.5 Å². The predicted octanol–water partition coefficient (Wildman–Crippen LogP) is 3.88. The molecule has 2 atom stereocenters. The molecule has 1 aromatic heterocycles. The highest BCUT2D eigenvalue weighted by Gasteiger charge is 2.41. The molecule has 0 radical (unpaired) electrons. The summed E-state index contributed by atoms with van der Waals surface area (Å²) in [5, 5.41) is 4.35. The van der Waals surface area contributed by atoms with Gasteiger partial charge in [0, 0.05) is 35.6 Å². The van der Waals surface area contributed by atoms with Gasteiger partial charge in [0.15, 0.2) is 0 Å². The van der Waals surface area contributed by atoms with E-state index in [4.69, 9.17) is 0 Å². The molecule has 1 saturated carbocycles. The number of carbonyl (C=O) groups excluding carboxylic acids is 2. The summed E-state index contributed by atoms with van der Waals surface area (Å²) in [5.74, 6) is 0.134. The molecule has 2 aromatic rings. The van der Waals surface area contributed by atoms with Crippen LogP contribution in [0.3, 0.4) is 0 Å². The molecule has 1 N–H and O–H groups in total. The minimum atomic E-state index is -0.379. The second kappa shape index (κ2) is 8.54. The zero-order valence-corrected chi connectivity index (χ0v) is 19.6. The van der Waals surface area contributed by atoms with Crippen molar-refractivity contribution in [1.29, 1.82) is 0 Å². The van der Waals surface area contributed by atoms with E-state index < -0.39 is 0 Å². The molecule has 0 bridgehead atoms. The molecule has 6 nitrogen and oxygen atoms in total. The first-order chi connectivity index (χ1) is 15.5. The van der Waals surface area contributed by atoms with Crippen LogP contribution in [0.4, 0.5) is 0 Å². The van der Waals surface area contributed by atoms with E-state index in [2.05, 4.69) is 30.1 Å². The Morgan fingerprint density at radius 3 is 2.62 bits per heavy atom. The van der Waals surface area contributed by atoms with Crippen molar-refractivity contribution < 1.29 is 9.59 Å². The Bertz CT molecular complexity index is 1020. The smallest absolute Gasteiger partial charge is 0.271 e. The summed E-state index contributed by atoms with van der Waals surface area (Å²) in [6.45, 7) is 8.74. The van der Waals surface area contributed by atoms with E-state index in [1.54, 1.807) is 0 Å². The van der Waals surface area contributed by atoms with E-state index in [1.165, 1.54) is 19.3 Å². The highest BCUT2D eigenvalue weighted by atomic mass is 16.2. The number of nitrogens with zero attached hydrogens (tertiary/aromatic N) is 3. The number of nitrogens with one attached hydrogen (secondary N) is 1.